The molecule has 0 N–H and O–H groups in total. The Labute approximate surface area is 95.7 Å². The fourth-order valence-corrected chi connectivity index (χ4v) is 1.56. The predicted octanol–water partition coefficient (Wildman–Crippen LogP) is 3.59. The summed E-state index contributed by atoms with van der Waals surface area (Å²) in [6.07, 6.45) is 2.77. The lowest BCUT2D eigenvalue weighted by Crippen LogP contribution is -1.88. The lowest BCUT2D eigenvalue weighted by Gasteiger charge is -2.04. The maximum absolute atomic E-state index is 13.5. The number of aromatic nitrogens is 2. The lowest BCUT2D eigenvalue weighted by molar-refractivity contribution is 0.631. The molecule has 1 heterocycles. The van der Waals surface area contributed by atoms with E-state index in [2.05, 4.69) is 9.97 Å². The second-order valence-electron chi connectivity index (χ2n) is 2.85. The van der Waals surface area contributed by atoms with Crippen LogP contribution in [0.4, 0.5) is 4.39 Å². The molecule has 0 amide bonds. The predicted molar refractivity (Wildman–Crippen MR) is 57.4 cm³/mol. The first kappa shape index (κ1) is 10.3. The van der Waals surface area contributed by atoms with E-state index in [0.29, 0.717) is 16.1 Å². The van der Waals surface area contributed by atoms with Crippen LogP contribution in [0.15, 0.2) is 30.7 Å². The van der Waals surface area contributed by atoms with Crippen LogP contribution in [-0.4, -0.2) is 9.97 Å². The smallest absolute Gasteiger partial charge is 0.140 e. The minimum absolute atomic E-state index is 0.214. The molecule has 5 heteroatoms. The summed E-state index contributed by atoms with van der Waals surface area (Å²) in [7, 11) is 0. The molecule has 0 spiro atoms. The number of rotatable bonds is 1. The average Bonchev–Trinajstić information content (AvgIpc) is 2.20. The first-order valence-electron chi connectivity index (χ1n) is 4.09. The van der Waals surface area contributed by atoms with Crippen LogP contribution in [0.3, 0.4) is 0 Å². The number of benzene rings is 1. The van der Waals surface area contributed by atoms with Crippen LogP contribution >= 0.6 is 23.2 Å². The first-order valence-corrected chi connectivity index (χ1v) is 4.85. The summed E-state index contributed by atoms with van der Waals surface area (Å²) in [6, 6.07) is 4.35. The topological polar surface area (TPSA) is 25.8 Å². The number of hydrogen-bond donors (Lipinski definition) is 0. The minimum atomic E-state index is -0.445. The molecule has 1 aromatic carbocycles. The van der Waals surface area contributed by atoms with Crippen molar-refractivity contribution in [3.8, 4) is 11.1 Å². The Hall–Kier alpha value is -1.19. The van der Waals surface area contributed by atoms with Crippen molar-refractivity contribution in [2.45, 2.75) is 0 Å². The summed E-state index contributed by atoms with van der Waals surface area (Å²) < 4.78 is 13.5. The third kappa shape index (κ3) is 2.08. The third-order valence-corrected chi connectivity index (χ3v) is 2.42. The van der Waals surface area contributed by atoms with Gasteiger partial charge in [-0.2, -0.15) is 0 Å². The average molecular weight is 243 g/mol. The highest BCUT2D eigenvalue weighted by Gasteiger charge is 2.09. The second kappa shape index (κ2) is 4.13. The van der Waals surface area contributed by atoms with Gasteiger partial charge in [0.05, 0.1) is 0 Å². The molecule has 1 aromatic heterocycles. The van der Waals surface area contributed by atoms with Gasteiger partial charge in [-0.1, -0.05) is 23.2 Å². The molecule has 0 aliphatic heterocycles. The largest absolute Gasteiger partial charge is 0.244 e. The molecule has 0 atom stereocenters. The minimum Gasteiger partial charge on any atom is -0.244 e. The monoisotopic (exact) mass is 242 g/mol. The molecule has 0 saturated heterocycles. The zero-order valence-electron chi connectivity index (χ0n) is 7.42. The molecular formula is C10H5Cl2FN2. The maximum Gasteiger partial charge on any atom is 0.140 e. The van der Waals surface area contributed by atoms with Gasteiger partial charge in [-0.15, -0.1) is 0 Å². The molecule has 76 valence electrons. The van der Waals surface area contributed by atoms with Crippen LogP contribution in [0.25, 0.3) is 11.1 Å². The fraction of sp³-hybridized carbons (Fsp3) is 0. The van der Waals surface area contributed by atoms with Crippen LogP contribution in [0, 0.1) is 5.82 Å². The van der Waals surface area contributed by atoms with Gasteiger partial charge in [-0.05, 0) is 18.2 Å². The molecule has 15 heavy (non-hydrogen) atoms. The van der Waals surface area contributed by atoms with E-state index in [1.807, 2.05) is 0 Å². The van der Waals surface area contributed by atoms with E-state index < -0.39 is 5.82 Å². The van der Waals surface area contributed by atoms with Gasteiger partial charge in [-0.3, -0.25) is 0 Å². The quantitative estimate of drug-likeness (QED) is 0.715. The molecule has 2 nitrogen and oxygen atoms in total. The Kier molecular flexibility index (Phi) is 2.84. The van der Waals surface area contributed by atoms with Gasteiger partial charge in [0.2, 0.25) is 0 Å². The molecule has 0 aliphatic rings. The maximum atomic E-state index is 13.5. The van der Waals surface area contributed by atoms with Gasteiger partial charge in [0, 0.05) is 22.3 Å². The van der Waals surface area contributed by atoms with Crippen LogP contribution in [0.2, 0.25) is 10.2 Å². The Morgan fingerprint density at radius 1 is 1.13 bits per heavy atom. The molecule has 0 bridgehead atoms. The van der Waals surface area contributed by atoms with E-state index in [0.717, 1.165) is 0 Å². The van der Waals surface area contributed by atoms with Gasteiger partial charge in [0.15, 0.2) is 0 Å². The Balaban J connectivity index is 2.60. The number of hydrogen-bond acceptors (Lipinski definition) is 2. The van der Waals surface area contributed by atoms with Crippen LogP contribution in [0.5, 0.6) is 0 Å². The molecule has 0 saturated carbocycles. The Bertz CT molecular complexity index is 503. The fourth-order valence-electron chi connectivity index (χ4n) is 1.20. The number of halogens is 3. The van der Waals surface area contributed by atoms with Crippen molar-refractivity contribution in [3.05, 3.63) is 46.7 Å². The van der Waals surface area contributed by atoms with Crippen molar-refractivity contribution < 1.29 is 4.39 Å². The summed E-state index contributed by atoms with van der Waals surface area (Å²) in [6.45, 7) is 0. The second-order valence-corrected chi connectivity index (χ2v) is 3.65. The standard InChI is InChI=1S/C10H5Cl2FN2/c11-6-1-2-7(9(13)3-6)8-4-14-5-15-10(8)12/h1-5H. The highest BCUT2D eigenvalue weighted by Crippen LogP contribution is 2.28. The molecule has 2 rings (SSSR count). The summed E-state index contributed by atoms with van der Waals surface area (Å²) >= 11 is 11.5. The van der Waals surface area contributed by atoms with E-state index in [-0.39, 0.29) is 5.15 Å². The lowest BCUT2D eigenvalue weighted by atomic mass is 10.1. The van der Waals surface area contributed by atoms with E-state index in [4.69, 9.17) is 23.2 Å². The van der Waals surface area contributed by atoms with Crippen molar-refractivity contribution in [1.29, 1.82) is 0 Å². The zero-order valence-corrected chi connectivity index (χ0v) is 8.93. The van der Waals surface area contributed by atoms with Crippen LogP contribution < -0.4 is 0 Å². The molecule has 0 unspecified atom stereocenters. The Morgan fingerprint density at radius 3 is 2.60 bits per heavy atom. The summed E-state index contributed by atoms with van der Waals surface area (Å²) in [5.74, 6) is -0.445. The molecule has 0 radical (unpaired) electrons. The van der Waals surface area contributed by atoms with Crippen molar-refractivity contribution >= 4 is 23.2 Å². The SMILES string of the molecule is Fc1cc(Cl)ccc1-c1cncnc1Cl. The Morgan fingerprint density at radius 2 is 1.93 bits per heavy atom. The first-order chi connectivity index (χ1) is 7.18. The summed E-state index contributed by atoms with van der Waals surface area (Å²) in [5.41, 5.74) is 0.790. The highest BCUT2D eigenvalue weighted by atomic mass is 35.5. The third-order valence-electron chi connectivity index (χ3n) is 1.88. The van der Waals surface area contributed by atoms with Gasteiger partial charge < -0.3 is 0 Å². The van der Waals surface area contributed by atoms with Crippen molar-refractivity contribution in [3.63, 3.8) is 0 Å². The zero-order chi connectivity index (χ0) is 10.8. The summed E-state index contributed by atoms with van der Waals surface area (Å²) in [4.78, 5) is 7.56. The highest BCUT2D eigenvalue weighted by molar-refractivity contribution is 6.32. The molecular weight excluding hydrogens is 238 g/mol. The van der Waals surface area contributed by atoms with E-state index in [9.17, 15) is 4.39 Å². The van der Waals surface area contributed by atoms with Crippen LogP contribution in [-0.2, 0) is 0 Å². The number of nitrogens with zero attached hydrogens (tertiary/aromatic N) is 2. The van der Waals surface area contributed by atoms with E-state index >= 15 is 0 Å². The van der Waals surface area contributed by atoms with Gasteiger partial charge in [-0.25, -0.2) is 14.4 Å². The molecule has 0 aliphatic carbocycles. The van der Waals surface area contributed by atoms with Gasteiger partial charge in [0.25, 0.3) is 0 Å². The van der Waals surface area contributed by atoms with Gasteiger partial charge >= 0.3 is 0 Å². The van der Waals surface area contributed by atoms with Crippen molar-refractivity contribution in [1.82, 2.24) is 9.97 Å². The molecule has 0 fully saturated rings. The molecule has 2 aromatic rings. The summed E-state index contributed by atoms with van der Waals surface area (Å²) in [5, 5.41) is 0.551. The van der Waals surface area contributed by atoms with E-state index in [1.165, 1.54) is 18.6 Å². The van der Waals surface area contributed by atoms with Crippen LogP contribution in [0.1, 0.15) is 0 Å². The van der Waals surface area contributed by atoms with Crippen molar-refractivity contribution in [2.75, 3.05) is 0 Å². The van der Waals surface area contributed by atoms with Crippen molar-refractivity contribution in [2.24, 2.45) is 0 Å². The van der Waals surface area contributed by atoms with Gasteiger partial charge in [0.1, 0.15) is 17.3 Å². The van der Waals surface area contributed by atoms with E-state index in [1.54, 1.807) is 12.1 Å². The normalized spacial score (nSPS) is 10.3.